The molecule has 0 spiro atoms. The van der Waals surface area contributed by atoms with Crippen LogP contribution in [-0.2, 0) is 0 Å². The first-order valence-corrected chi connectivity index (χ1v) is 4.67. The molecule has 0 aromatic carbocycles. The molecule has 0 saturated carbocycles. The summed E-state index contributed by atoms with van der Waals surface area (Å²) in [6.07, 6.45) is 3.38. The van der Waals surface area contributed by atoms with Crippen molar-refractivity contribution >= 4 is 12.6 Å². The quantitative estimate of drug-likeness (QED) is 0.631. The lowest BCUT2D eigenvalue weighted by Crippen LogP contribution is -2.32. The lowest BCUT2D eigenvalue weighted by molar-refractivity contribution is 0.435. The van der Waals surface area contributed by atoms with Crippen molar-refractivity contribution in [1.82, 2.24) is 0 Å². The van der Waals surface area contributed by atoms with Crippen molar-refractivity contribution in [3.63, 3.8) is 0 Å². The van der Waals surface area contributed by atoms with Crippen LogP contribution in [-0.4, -0.2) is 10.3 Å². The van der Waals surface area contributed by atoms with Gasteiger partial charge in [-0.1, -0.05) is 20.3 Å². The van der Waals surface area contributed by atoms with Crippen molar-refractivity contribution in [2.45, 2.75) is 57.2 Å². The highest BCUT2D eigenvalue weighted by Gasteiger charge is 2.14. The second-order valence-corrected chi connectivity index (χ2v) is 5.87. The molecule has 2 N–H and O–H groups in total. The zero-order chi connectivity index (χ0) is 9.12. The van der Waals surface area contributed by atoms with Gasteiger partial charge in [-0.25, -0.2) is 0 Å². The minimum Gasteiger partial charge on any atom is -0.326 e. The van der Waals surface area contributed by atoms with E-state index in [0.717, 1.165) is 12.8 Å². The molecule has 0 amide bonds. The number of hydrogen-bond donors (Lipinski definition) is 2. The van der Waals surface area contributed by atoms with Gasteiger partial charge in [-0.2, -0.15) is 12.6 Å². The lowest BCUT2D eigenvalue weighted by Gasteiger charge is -2.22. The van der Waals surface area contributed by atoms with Gasteiger partial charge < -0.3 is 5.73 Å². The van der Waals surface area contributed by atoms with Crippen molar-refractivity contribution in [2.24, 2.45) is 5.73 Å². The van der Waals surface area contributed by atoms with Gasteiger partial charge in [0, 0.05) is 10.3 Å². The number of rotatable bonds is 4. The molecule has 0 aliphatic rings. The van der Waals surface area contributed by atoms with Crippen molar-refractivity contribution in [3.8, 4) is 0 Å². The topological polar surface area (TPSA) is 26.0 Å². The Morgan fingerprint density at radius 3 is 1.82 bits per heavy atom. The van der Waals surface area contributed by atoms with E-state index in [4.69, 9.17) is 5.73 Å². The fraction of sp³-hybridized carbons (Fsp3) is 1.00. The first-order chi connectivity index (χ1) is 4.71. The van der Waals surface area contributed by atoms with E-state index in [2.05, 4.69) is 40.3 Å². The Morgan fingerprint density at radius 1 is 1.09 bits per heavy atom. The van der Waals surface area contributed by atoms with Crippen LogP contribution >= 0.6 is 12.6 Å². The molecule has 0 unspecified atom stereocenters. The molecule has 0 atom stereocenters. The van der Waals surface area contributed by atoms with Gasteiger partial charge in [0.1, 0.15) is 0 Å². The van der Waals surface area contributed by atoms with Crippen molar-refractivity contribution in [2.75, 3.05) is 0 Å². The average Bonchev–Trinajstić information content (AvgIpc) is 1.55. The molecule has 0 rings (SSSR count). The summed E-state index contributed by atoms with van der Waals surface area (Å²) < 4.78 is 0.158. The van der Waals surface area contributed by atoms with Gasteiger partial charge in [-0.05, 0) is 26.7 Å². The molecule has 0 aromatic heterocycles. The highest BCUT2D eigenvalue weighted by Crippen LogP contribution is 2.21. The molecule has 0 saturated heterocycles. The third-order valence-electron chi connectivity index (χ3n) is 1.61. The van der Waals surface area contributed by atoms with E-state index in [-0.39, 0.29) is 10.3 Å². The molecule has 68 valence electrons. The van der Waals surface area contributed by atoms with Gasteiger partial charge in [-0.15, -0.1) is 0 Å². The molecule has 0 aliphatic carbocycles. The Bertz CT molecular complexity index is 93.7. The van der Waals surface area contributed by atoms with Crippen LogP contribution in [0.2, 0.25) is 0 Å². The molecular formula is C9H21NS. The van der Waals surface area contributed by atoms with Crippen LogP contribution in [0.3, 0.4) is 0 Å². The second kappa shape index (κ2) is 3.81. The van der Waals surface area contributed by atoms with Crippen molar-refractivity contribution in [1.29, 1.82) is 0 Å². The Morgan fingerprint density at radius 2 is 1.55 bits per heavy atom. The van der Waals surface area contributed by atoms with Crippen LogP contribution < -0.4 is 5.73 Å². The Balaban J connectivity index is 3.44. The fourth-order valence-corrected chi connectivity index (χ4v) is 1.13. The van der Waals surface area contributed by atoms with Crippen molar-refractivity contribution < 1.29 is 0 Å². The van der Waals surface area contributed by atoms with E-state index in [1.165, 1.54) is 6.42 Å². The van der Waals surface area contributed by atoms with Crippen LogP contribution in [0.1, 0.15) is 47.0 Å². The minimum atomic E-state index is -0.0149. The summed E-state index contributed by atoms with van der Waals surface area (Å²) in [5, 5.41) is 0. The van der Waals surface area contributed by atoms with E-state index in [9.17, 15) is 0 Å². The zero-order valence-corrected chi connectivity index (χ0v) is 9.04. The van der Waals surface area contributed by atoms with Gasteiger partial charge in [-0.3, -0.25) is 0 Å². The first-order valence-electron chi connectivity index (χ1n) is 4.22. The Hall–Kier alpha value is 0.310. The normalized spacial score (nSPS) is 13.6. The maximum atomic E-state index is 5.84. The van der Waals surface area contributed by atoms with Crippen LogP contribution in [0.15, 0.2) is 0 Å². The molecule has 0 aliphatic heterocycles. The molecular weight excluding hydrogens is 154 g/mol. The second-order valence-electron chi connectivity index (χ2n) is 4.65. The maximum Gasteiger partial charge on any atom is 0.00970 e. The van der Waals surface area contributed by atoms with E-state index < -0.39 is 0 Å². The van der Waals surface area contributed by atoms with Crippen LogP contribution in [0.4, 0.5) is 0 Å². The first kappa shape index (κ1) is 11.3. The van der Waals surface area contributed by atoms with Gasteiger partial charge in [0.15, 0.2) is 0 Å². The summed E-state index contributed by atoms with van der Waals surface area (Å²) in [4.78, 5) is 0. The highest BCUT2D eigenvalue weighted by atomic mass is 32.1. The van der Waals surface area contributed by atoms with Gasteiger partial charge in [0.05, 0.1) is 0 Å². The smallest absolute Gasteiger partial charge is 0.00970 e. The van der Waals surface area contributed by atoms with E-state index in [0.29, 0.717) is 0 Å². The van der Waals surface area contributed by atoms with E-state index in [1.54, 1.807) is 0 Å². The van der Waals surface area contributed by atoms with Crippen LogP contribution in [0.5, 0.6) is 0 Å². The predicted molar refractivity (Wildman–Crippen MR) is 55.2 cm³/mol. The van der Waals surface area contributed by atoms with Crippen LogP contribution in [0.25, 0.3) is 0 Å². The summed E-state index contributed by atoms with van der Waals surface area (Å²) in [6, 6.07) is 0. The standard InChI is InChI=1S/C9H21NS/c1-8(2,10)6-5-7-9(3,4)11/h11H,5-7,10H2,1-4H3. The predicted octanol–water partition coefficient (Wildman–Crippen LogP) is 2.60. The number of hydrogen-bond acceptors (Lipinski definition) is 2. The lowest BCUT2D eigenvalue weighted by atomic mass is 9.95. The summed E-state index contributed by atoms with van der Waals surface area (Å²) in [5.41, 5.74) is 5.83. The van der Waals surface area contributed by atoms with Gasteiger partial charge in [0.25, 0.3) is 0 Å². The SMILES string of the molecule is CC(C)(N)CCCC(C)(C)S. The maximum absolute atomic E-state index is 5.84. The number of thiol groups is 1. The monoisotopic (exact) mass is 175 g/mol. The van der Waals surface area contributed by atoms with Crippen LogP contribution in [0, 0.1) is 0 Å². The van der Waals surface area contributed by atoms with Gasteiger partial charge >= 0.3 is 0 Å². The third kappa shape index (κ3) is 10.3. The molecule has 0 heterocycles. The molecule has 11 heavy (non-hydrogen) atoms. The molecule has 0 bridgehead atoms. The highest BCUT2D eigenvalue weighted by molar-refractivity contribution is 7.81. The molecule has 1 nitrogen and oxygen atoms in total. The summed E-state index contributed by atoms with van der Waals surface area (Å²) in [7, 11) is 0. The summed E-state index contributed by atoms with van der Waals surface area (Å²) in [6.45, 7) is 8.41. The van der Waals surface area contributed by atoms with Gasteiger partial charge in [0.2, 0.25) is 0 Å². The minimum absolute atomic E-state index is 0.0149. The number of nitrogens with two attached hydrogens (primary N) is 1. The Labute approximate surface area is 76.2 Å². The summed E-state index contributed by atoms with van der Waals surface area (Å²) >= 11 is 4.44. The third-order valence-corrected chi connectivity index (χ3v) is 1.83. The fourth-order valence-electron chi connectivity index (χ4n) is 0.977. The summed E-state index contributed by atoms with van der Waals surface area (Å²) in [5.74, 6) is 0. The van der Waals surface area contributed by atoms with E-state index in [1.807, 2.05) is 0 Å². The molecule has 0 fully saturated rings. The Kier molecular flexibility index (Phi) is 3.92. The largest absolute Gasteiger partial charge is 0.326 e. The van der Waals surface area contributed by atoms with Crippen molar-refractivity contribution in [3.05, 3.63) is 0 Å². The molecule has 0 radical (unpaired) electrons. The van der Waals surface area contributed by atoms with E-state index >= 15 is 0 Å². The zero-order valence-electron chi connectivity index (χ0n) is 8.15. The molecule has 2 heteroatoms. The average molecular weight is 175 g/mol. The molecule has 0 aromatic rings.